The summed E-state index contributed by atoms with van der Waals surface area (Å²) in [6.07, 6.45) is 4.53. The van der Waals surface area contributed by atoms with Crippen molar-refractivity contribution in [1.82, 2.24) is 4.98 Å². The van der Waals surface area contributed by atoms with Gasteiger partial charge in [-0.05, 0) is 37.6 Å². The van der Waals surface area contributed by atoms with Crippen molar-refractivity contribution in [1.29, 1.82) is 0 Å². The van der Waals surface area contributed by atoms with E-state index in [1.807, 2.05) is 6.92 Å². The number of aromatic hydroxyl groups is 1. The molecule has 0 atom stereocenters. The second-order valence-electron chi connectivity index (χ2n) is 8.03. The van der Waals surface area contributed by atoms with Gasteiger partial charge < -0.3 is 29.0 Å². The summed E-state index contributed by atoms with van der Waals surface area (Å²) < 4.78 is 35.8. The number of halogens is 1. The number of aromatic nitrogens is 1. The van der Waals surface area contributed by atoms with E-state index in [0.29, 0.717) is 48.0 Å². The SMILES string of the molecule is C=C(/C=C\C(F)=C/C)CC(=C)OC(=NC)c1c(O)c(-c2c(OC)cccc2OC)c(CCOCC)[nH]c1=O. The summed E-state index contributed by atoms with van der Waals surface area (Å²) in [5.41, 5.74) is 0.861. The van der Waals surface area contributed by atoms with Crippen LogP contribution in [0.5, 0.6) is 17.2 Å². The maximum absolute atomic E-state index is 13.4. The van der Waals surface area contributed by atoms with Crippen LogP contribution in [0.2, 0.25) is 0 Å². The number of methoxy groups -OCH3 is 2. The molecule has 2 N–H and O–H groups in total. The van der Waals surface area contributed by atoms with E-state index in [9.17, 15) is 14.3 Å². The number of hydrogen-bond donors (Lipinski definition) is 2. The number of allylic oxidation sites excluding steroid dienone is 5. The number of pyridine rings is 1. The number of nitrogens with zero attached hydrogens (tertiary/aromatic N) is 1. The first-order valence-electron chi connectivity index (χ1n) is 12.0. The number of rotatable bonds is 13. The van der Waals surface area contributed by atoms with Gasteiger partial charge >= 0.3 is 0 Å². The highest BCUT2D eigenvalue weighted by Gasteiger charge is 2.27. The predicted octanol–water partition coefficient (Wildman–Crippen LogP) is 5.63. The highest BCUT2D eigenvalue weighted by atomic mass is 19.1. The first kappa shape index (κ1) is 30.1. The van der Waals surface area contributed by atoms with Crippen LogP contribution in [-0.4, -0.2) is 50.5 Å². The van der Waals surface area contributed by atoms with Gasteiger partial charge in [-0.2, -0.15) is 0 Å². The maximum Gasteiger partial charge on any atom is 0.264 e. The van der Waals surface area contributed by atoms with Crippen LogP contribution in [0.1, 0.15) is 31.5 Å². The van der Waals surface area contributed by atoms with E-state index in [1.54, 1.807) is 25.1 Å². The topological polar surface area (TPSA) is 102 Å². The summed E-state index contributed by atoms with van der Waals surface area (Å²) in [5.74, 6) is 0.103. The molecule has 1 aromatic carbocycles. The summed E-state index contributed by atoms with van der Waals surface area (Å²) in [6.45, 7) is 12.0. The van der Waals surface area contributed by atoms with Crippen LogP contribution in [0.15, 0.2) is 76.5 Å². The molecule has 0 spiro atoms. The minimum absolute atomic E-state index is 0.144. The Hall–Kier alpha value is -4.11. The fraction of sp³-hybridized carbons (Fsp3) is 0.310. The van der Waals surface area contributed by atoms with Crippen molar-refractivity contribution in [2.45, 2.75) is 26.7 Å². The third-order valence-corrected chi connectivity index (χ3v) is 5.48. The lowest BCUT2D eigenvalue weighted by molar-refractivity contribution is 0.150. The first-order valence-corrected chi connectivity index (χ1v) is 12.0. The van der Waals surface area contributed by atoms with Gasteiger partial charge in [0.15, 0.2) is 0 Å². The average Bonchev–Trinajstić information content (AvgIpc) is 2.90. The smallest absolute Gasteiger partial charge is 0.264 e. The summed E-state index contributed by atoms with van der Waals surface area (Å²) in [5, 5.41) is 11.5. The molecule has 0 fully saturated rings. The van der Waals surface area contributed by atoms with Crippen LogP contribution < -0.4 is 15.0 Å². The Labute approximate surface area is 222 Å². The molecule has 0 aliphatic rings. The van der Waals surface area contributed by atoms with Gasteiger partial charge in [0.05, 0.1) is 32.0 Å². The third kappa shape index (κ3) is 7.45. The van der Waals surface area contributed by atoms with Crippen LogP contribution in [0.3, 0.4) is 0 Å². The Morgan fingerprint density at radius 2 is 1.82 bits per heavy atom. The average molecular weight is 527 g/mol. The fourth-order valence-corrected chi connectivity index (χ4v) is 3.70. The van der Waals surface area contributed by atoms with Crippen molar-refractivity contribution in [3.63, 3.8) is 0 Å². The lowest BCUT2D eigenvalue weighted by Crippen LogP contribution is -2.23. The maximum atomic E-state index is 13.4. The van der Waals surface area contributed by atoms with Crippen LogP contribution in [-0.2, 0) is 15.9 Å². The molecule has 38 heavy (non-hydrogen) atoms. The predicted molar refractivity (Wildman–Crippen MR) is 148 cm³/mol. The Morgan fingerprint density at radius 3 is 2.37 bits per heavy atom. The molecular formula is C29H35FN2O6. The molecule has 204 valence electrons. The quantitative estimate of drug-likeness (QED) is 0.115. The summed E-state index contributed by atoms with van der Waals surface area (Å²) in [7, 11) is 4.42. The molecule has 0 bridgehead atoms. The molecule has 0 saturated heterocycles. The Kier molecular flexibility index (Phi) is 11.6. The standard InChI is InChI=1S/C29H35FN2O6/c1-8-20(30)14-13-18(3)17-19(4)38-29(31-5)26-27(33)24(21(32-28(26)34)15-16-37-9-2)25-22(35-6)11-10-12-23(25)36-7/h8,10-14H,3-4,9,15-17H2,1-2,5-7H3,(H2,32,33,34)/b14-13-,20-8+,31-29?. The number of ether oxygens (including phenoxy) is 4. The lowest BCUT2D eigenvalue weighted by atomic mass is 9.96. The molecule has 8 nitrogen and oxygen atoms in total. The van der Waals surface area contributed by atoms with Crippen LogP contribution in [0.25, 0.3) is 11.1 Å². The number of benzene rings is 1. The van der Waals surface area contributed by atoms with E-state index in [0.717, 1.165) is 0 Å². The van der Waals surface area contributed by atoms with E-state index in [2.05, 4.69) is 23.1 Å². The number of H-pyrrole nitrogens is 1. The largest absolute Gasteiger partial charge is 0.506 e. The molecule has 1 aromatic heterocycles. The second kappa shape index (κ2) is 14.6. The van der Waals surface area contributed by atoms with Gasteiger partial charge in [0.2, 0.25) is 5.90 Å². The fourth-order valence-electron chi connectivity index (χ4n) is 3.70. The van der Waals surface area contributed by atoms with Gasteiger partial charge in [-0.15, -0.1) is 0 Å². The minimum atomic E-state index is -0.617. The normalized spacial score (nSPS) is 12.1. The number of hydrogen-bond acceptors (Lipinski definition) is 7. The number of nitrogens with one attached hydrogen (secondary N) is 1. The van der Waals surface area contributed by atoms with Gasteiger partial charge in [0.1, 0.15) is 34.4 Å². The molecule has 0 aliphatic carbocycles. The van der Waals surface area contributed by atoms with Crippen molar-refractivity contribution in [3.05, 3.63) is 88.4 Å². The molecular weight excluding hydrogens is 491 g/mol. The molecule has 2 rings (SSSR count). The van der Waals surface area contributed by atoms with Gasteiger partial charge in [-0.1, -0.05) is 31.4 Å². The van der Waals surface area contributed by atoms with E-state index in [-0.39, 0.29) is 35.0 Å². The lowest BCUT2D eigenvalue weighted by Gasteiger charge is -2.20. The molecule has 0 saturated carbocycles. The Bertz CT molecular complexity index is 1280. The van der Waals surface area contributed by atoms with Crippen LogP contribution in [0.4, 0.5) is 4.39 Å². The molecule has 0 aliphatic heterocycles. The van der Waals surface area contributed by atoms with Gasteiger partial charge in [0, 0.05) is 32.2 Å². The van der Waals surface area contributed by atoms with Crippen molar-refractivity contribution < 1.29 is 28.4 Å². The highest BCUT2D eigenvalue weighted by molar-refractivity contribution is 6.00. The van der Waals surface area contributed by atoms with Crippen LogP contribution >= 0.6 is 0 Å². The molecule has 2 aromatic rings. The highest BCUT2D eigenvalue weighted by Crippen LogP contribution is 2.44. The van der Waals surface area contributed by atoms with Gasteiger partial charge in [0.25, 0.3) is 5.56 Å². The monoisotopic (exact) mass is 526 g/mol. The molecule has 0 unspecified atom stereocenters. The number of aromatic amines is 1. The third-order valence-electron chi connectivity index (χ3n) is 5.48. The van der Waals surface area contributed by atoms with E-state index >= 15 is 0 Å². The van der Waals surface area contributed by atoms with E-state index in [1.165, 1.54) is 39.5 Å². The summed E-state index contributed by atoms with van der Waals surface area (Å²) in [4.78, 5) is 20.1. The van der Waals surface area contributed by atoms with Gasteiger partial charge in [-0.25, -0.2) is 4.39 Å². The van der Waals surface area contributed by atoms with E-state index in [4.69, 9.17) is 18.9 Å². The molecule has 0 amide bonds. The zero-order valence-corrected chi connectivity index (χ0v) is 22.5. The van der Waals surface area contributed by atoms with Crippen molar-refractivity contribution in [2.24, 2.45) is 4.99 Å². The second-order valence-corrected chi connectivity index (χ2v) is 8.03. The summed E-state index contributed by atoms with van der Waals surface area (Å²) >= 11 is 0. The molecule has 9 heteroatoms. The van der Waals surface area contributed by atoms with Crippen LogP contribution in [0, 0.1) is 0 Å². The zero-order valence-electron chi connectivity index (χ0n) is 22.5. The van der Waals surface area contributed by atoms with Crippen molar-refractivity contribution in [3.8, 4) is 28.4 Å². The zero-order chi connectivity index (χ0) is 28.2. The van der Waals surface area contributed by atoms with Crippen molar-refractivity contribution >= 4 is 5.90 Å². The Balaban J connectivity index is 2.61. The minimum Gasteiger partial charge on any atom is -0.506 e. The van der Waals surface area contributed by atoms with E-state index < -0.39 is 11.4 Å². The summed E-state index contributed by atoms with van der Waals surface area (Å²) in [6, 6.07) is 5.19. The molecule has 0 radical (unpaired) electrons. The van der Waals surface area contributed by atoms with Crippen molar-refractivity contribution in [2.75, 3.05) is 34.5 Å². The first-order chi connectivity index (χ1) is 18.2. The molecule has 1 heterocycles. The Morgan fingerprint density at radius 1 is 1.16 bits per heavy atom. The number of aliphatic imine (C=N–C) groups is 1. The van der Waals surface area contributed by atoms with Gasteiger partial charge in [-0.3, -0.25) is 9.79 Å².